The maximum Gasteiger partial charge on any atom is 0.213 e. The molecule has 2 N–H and O–H groups in total. The Morgan fingerprint density at radius 1 is 1.30 bits per heavy atom. The zero-order chi connectivity index (χ0) is 16.6. The third-order valence-electron chi connectivity index (χ3n) is 3.73. The van der Waals surface area contributed by atoms with Crippen LogP contribution in [0.3, 0.4) is 0 Å². The summed E-state index contributed by atoms with van der Waals surface area (Å²) < 4.78 is 28.7. The van der Waals surface area contributed by atoms with E-state index < -0.39 is 10.0 Å². The molecule has 0 bridgehead atoms. The highest BCUT2D eigenvalue weighted by atomic mass is 35.5. The van der Waals surface area contributed by atoms with E-state index in [4.69, 9.17) is 21.5 Å². The molecule has 1 aliphatic rings. The molecular formula is C17H16ClNO3S. The Balaban J connectivity index is 2.16. The minimum atomic E-state index is -3.59. The maximum atomic E-state index is 11.3. The van der Waals surface area contributed by atoms with E-state index in [0.717, 1.165) is 22.4 Å². The van der Waals surface area contributed by atoms with Crippen LogP contribution >= 0.6 is 11.6 Å². The normalized spacial score (nSPS) is 16.2. The summed E-state index contributed by atoms with van der Waals surface area (Å²) in [6.07, 6.45) is 2.16. The molecule has 0 saturated heterocycles. The van der Waals surface area contributed by atoms with Gasteiger partial charge in [0.1, 0.15) is 11.9 Å². The number of nitrogens with two attached hydrogens (primary N) is 1. The molecule has 0 amide bonds. The molecule has 2 aromatic carbocycles. The average molecular weight is 350 g/mol. The second-order valence-electron chi connectivity index (χ2n) is 5.47. The zero-order valence-corrected chi connectivity index (χ0v) is 13.9. The Hall–Kier alpha value is -1.82. The highest BCUT2D eigenvalue weighted by molar-refractivity contribution is 7.88. The number of fused-ring (bicyclic) bond motifs is 3. The molecule has 1 atom stereocenters. The maximum absolute atomic E-state index is 11.3. The summed E-state index contributed by atoms with van der Waals surface area (Å²) in [5, 5.41) is 5.74. The van der Waals surface area contributed by atoms with Crippen molar-refractivity contribution in [2.45, 2.75) is 18.3 Å². The lowest BCUT2D eigenvalue weighted by Gasteiger charge is -2.29. The summed E-state index contributed by atoms with van der Waals surface area (Å²) in [7, 11) is -3.59. The van der Waals surface area contributed by atoms with Crippen molar-refractivity contribution in [1.82, 2.24) is 0 Å². The molecular weight excluding hydrogens is 334 g/mol. The zero-order valence-electron chi connectivity index (χ0n) is 12.3. The van der Waals surface area contributed by atoms with Crippen molar-refractivity contribution in [2.75, 3.05) is 0 Å². The van der Waals surface area contributed by atoms with E-state index >= 15 is 0 Å². The number of benzene rings is 2. The average Bonchev–Trinajstić information content (AvgIpc) is 2.46. The number of hydrogen-bond acceptors (Lipinski definition) is 3. The molecule has 1 heterocycles. The van der Waals surface area contributed by atoms with Gasteiger partial charge in [0.25, 0.3) is 0 Å². The highest BCUT2D eigenvalue weighted by Gasteiger charge is 2.27. The van der Waals surface area contributed by atoms with Crippen LogP contribution in [0.1, 0.15) is 23.7 Å². The van der Waals surface area contributed by atoms with Crippen LogP contribution in [0.15, 0.2) is 49.1 Å². The minimum absolute atomic E-state index is 0.212. The van der Waals surface area contributed by atoms with Gasteiger partial charge in [0.2, 0.25) is 10.0 Å². The predicted molar refractivity (Wildman–Crippen MR) is 91.9 cm³/mol. The molecule has 23 heavy (non-hydrogen) atoms. The molecule has 4 nitrogen and oxygen atoms in total. The largest absolute Gasteiger partial charge is 0.485 e. The van der Waals surface area contributed by atoms with Crippen LogP contribution in [0.25, 0.3) is 11.1 Å². The molecule has 2 aromatic rings. The second kappa shape index (κ2) is 6.00. The first-order valence-electron chi connectivity index (χ1n) is 7.09. The number of hydrogen-bond donors (Lipinski definition) is 1. The van der Waals surface area contributed by atoms with Gasteiger partial charge in [-0.2, -0.15) is 0 Å². The van der Waals surface area contributed by atoms with Crippen molar-refractivity contribution in [3.8, 4) is 16.9 Å². The molecule has 1 aliphatic heterocycles. The van der Waals surface area contributed by atoms with Gasteiger partial charge in [0.05, 0.1) is 10.8 Å². The third-order valence-corrected chi connectivity index (χ3v) is 4.78. The summed E-state index contributed by atoms with van der Waals surface area (Å²) in [5.74, 6) is 0.507. The van der Waals surface area contributed by atoms with E-state index in [2.05, 4.69) is 6.58 Å². The van der Waals surface area contributed by atoms with Crippen molar-refractivity contribution in [3.05, 3.63) is 65.2 Å². The van der Waals surface area contributed by atoms with E-state index in [1.165, 1.54) is 0 Å². The van der Waals surface area contributed by atoms with E-state index in [1.54, 1.807) is 18.2 Å². The Labute approximate surface area is 140 Å². The monoisotopic (exact) mass is 349 g/mol. The number of rotatable bonds is 4. The Kier molecular flexibility index (Phi) is 4.19. The Morgan fingerprint density at radius 3 is 2.78 bits per heavy atom. The summed E-state index contributed by atoms with van der Waals surface area (Å²) >= 11 is 6.32. The lowest BCUT2D eigenvalue weighted by Crippen LogP contribution is -2.17. The number of halogens is 1. The summed E-state index contributed by atoms with van der Waals surface area (Å²) in [6, 6.07) is 11.0. The molecule has 0 spiro atoms. The van der Waals surface area contributed by atoms with Gasteiger partial charge in [-0.25, -0.2) is 13.6 Å². The van der Waals surface area contributed by atoms with Crippen molar-refractivity contribution in [1.29, 1.82) is 0 Å². The van der Waals surface area contributed by atoms with Crippen LogP contribution in [-0.4, -0.2) is 8.42 Å². The number of ether oxygens (including phenoxy) is 1. The third kappa shape index (κ3) is 3.27. The molecule has 0 aliphatic carbocycles. The smallest absolute Gasteiger partial charge is 0.213 e. The van der Waals surface area contributed by atoms with Gasteiger partial charge in [0.15, 0.2) is 0 Å². The summed E-state index contributed by atoms with van der Waals surface area (Å²) in [6.45, 7) is 3.76. The van der Waals surface area contributed by atoms with Crippen molar-refractivity contribution >= 4 is 21.6 Å². The fraction of sp³-hybridized carbons (Fsp3) is 0.176. The number of primary sulfonamides is 1. The van der Waals surface area contributed by atoms with Gasteiger partial charge >= 0.3 is 0 Å². The fourth-order valence-corrected chi connectivity index (χ4v) is 3.75. The van der Waals surface area contributed by atoms with E-state index in [0.29, 0.717) is 17.0 Å². The van der Waals surface area contributed by atoms with Crippen LogP contribution < -0.4 is 9.88 Å². The van der Waals surface area contributed by atoms with Crippen molar-refractivity contribution in [2.24, 2.45) is 5.14 Å². The molecule has 1 unspecified atom stereocenters. The quantitative estimate of drug-likeness (QED) is 0.853. The van der Waals surface area contributed by atoms with Crippen molar-refractivity contribution < 1.29 is 13.2 Å². The van der Waals surface area contributed by atoms with Gasteiger partial charge in [0, 0.05) is 17.5 Å². The van der Waals surface area contributed by atoms with Crippen LogP contribution in [0.2, 0.25) is 5.02 Å². The Morgan fingerprint density at radius 2 is 2.09 bits per heavy atom. The molecule has 0 aromatic heterocycles. The van der Waals surface area contributed by atoms with Crippen LogP contribution in [0, 0.1) is 0 Å². The predicted octanol–water partition coefficient (Wildman–Crippen LogP) is 3.81. The molecule has 0 radical (unpaired) electrons. The first-order chi connectivity index (χ1) is 10.9. The van der Waals surface area contributed by atoms with Gasteiger partial charge in [-0.3, -0.25) is 0 Å². The molecule has 6 heteroatoms. The first kappa shape index (κ1) is 16.1. The molecule has 0 fully saturated rings. The van der Waals surface area contributed by atoms with E-state index in [9.17, 15) is 8.42 Å². The van der Waals surface area contributed by atoms with Gasteiger partial charge in [-0.05, 0) is 23.3 Å². The van der Waals surface area contributed by atoms with E-state index in [1.807, 2.05) is 24.3 Å². The van der Waals surface area contributed by atoms with E-state index in [-0.39, 0.29) is 11.9 Å². The summed E-state index contributed by atoms with van der Waals surface area (Å²) in [4.78, 5) is 0. The highest BCUT2D eigenvalue weighted by Crippen LogP contribution is 2.47. The minimum Gasteiger partial charge on any atom is -0.485 e. The van der Waals surface area contributed by atoms with Crippen molar-refractivity contribution in [3.63, 3.8) is 0 Å². The van der Waals surface area contributed by atoms with Crippen LogP contribution in [0.5, 0.6) is 5.75 Å². The van der Waals surface area contributed by atoms with Gasteiger partial charge in [-0.1, -0.05) is 41.9 Å². The lowest BCUT2D eigenvalue weighted by molar-refractivity contribution is 0.206. The van der Waals surface area contributed by atoms with Gasteiger partial charge in [-0.15, -0.1) is 6.58 Å². The summed E-state index contributed by atoms with van der Waals surface area (Å²) in [5.41, 5.74) is 3.29. The standard InChI is InChI=1S/C17H16ClNO3S/c1-2-4-15-13-9-11(10-23(19,20)21)7-8-12(13)17-14(18)5-3-6-16(17)22-15/h2-3,5-9,15H,1,4,10H2,(H2,19,20,21). The molecule has 3 rings (SSSR count). The Bertz CT molecular complexity index is 877. The first-order valence-corrected chi connectivity index (χ1v) is 9.18. The SMILES string of the molecule is C=CCC1Oc2cccc(Cl)c2-c2ccc(CS(N)(=O)=O)cc21. The lowest BCUT2D eigenvalue weighted by atomic mass is 9.90. The van der Waals surface area contributed by atoms with Crippen LogP contribution in [0.4, 0.5) is 0 Å². The molecule has 0 saturated carbocycles. The fourth-order valence-electron chi connectivity index (χ4n) is 2.84. The second-order valence-corrected chi connectivity index (χ2v) is 7.49. The van der Waals surface area contributed by atoms with Crippen LogP contribution in [-0.2, 0) is 15.8 Å². The topological polar surface area (TPSA) is 69.4 Å². The van der Waals surface area contributed by atoms with Gasteiger partial charge < -0.3 is 4.74 Å². The molecule has 120 valence electrons. The number of sulfonamides is 1.